The molecule has 3 heterocycles. The van der Waals surface area contributed by atoms with Gasteiger partial charge in [0.15, 0.2) is 5.82 Å². The summed E-state index contributed by atoms with van der Waals surface area (Å²) in [7, 11) is 1.65. The predicted molar refractivity (Wildman–Crippen MR) is 116 cm³/mol. The summed E-state index contributed by atoms with van der Waals surface area (Å²) in [5.74, 6) is 3.03. The number of amides is 1. The van der Waals surface area contributed by atoms with E-state index < -0.39 is 0 Å². The summed E-state index contributed by atoms with van der Waals surface area (Å²) < 4.78 is 21.9. The van der Waals surface area contributed by atoms with E-state index in [-0.39, 0.29) is 17.2 Å². The third kappa shape index (κ3) is 4.38. The van der Waals surface area contributed by atoms with Gasteiger partial charge >= 0.3 is 0 Å². The fraction of sp³-hybridized carbons (Fsp3) is 0.625. The first-order chi connectivity index (χ1) is 15.7. The minimum Gasteiger partial charge on any atom is -0.497 e. The molecular weight excluding hydrogens is 410 g/mol. The molecule has 0 atom stereocenters. The second-order valence-electron chi connectivity index (χ2n) is 9.15. The van der Waals surface area contributed by atoms with Crippen LogP contribution in [0.5, 0.6) is 5.75 Å². The molecule has 1 aromatic carbocycles. The Balaban J connectivity index is 1.08. The second kappa shape index (κ2) is 9.19. The monoisotopic (exact) mass is 441 g/mol. The van der Waals surface area contributed by atoms with Gasteiger partial charge in [-0.15, -0.1) is 0 Å². The van der Waals surface area contributed by atoms with E-state index in [1.165, 1.54) is 0 Å². The fourth-order valence-electron chi connectivity index (χ4n) is 4.63. The minimum atomic E-state index is -0.362. The van der Waals surface area contributed by atoms with Crippen LogP contribution in [0.2, 0.25) is 0 Å². The number of rotatable bonds is 9. The van der Waals surface area contributed by atoms with Crippen molar-refractivity contribution in [3.05, 3.63) is 41.5 Å². The van der Waals surface area contributed by atoms with Crippen LogP contribution in [-0.4, -0.2) is 67.6 Å². The van der Waals surface area contributed by atoms with E-state index in [4.69, 9.17) is 18.7 Å². The van der Waals surface area contributed by atoms with Gasteiger partial charge in [0.25, 0.3) is 0 Å². The van der Waals surface area contributed by atoms with E-state index in [9.17, 15) is 4.79 Å². The Morgan fingerprint density at radius 1 is 1.19 bits per heavy atom. The number of carbonyl (C=O) groups is 1. The van der Waals surface area contributed by atoms with Gasteiger partial charge in [-0.25, -0.2) is 0 Å². The Kier molecular flexibility index (Phi) is 6.15. The summed E-state index contributed by atoms with van der Waals surface area (Å²) in [6, 6.07) is 7.87. The van der Waals surface area contributed by atoms with Crippen molar-refractivity contribution in [2.75, 3.05) is 46.6 Å². The lowest BCUT2D eigenvalue weighted by Crippen LogP contribution is -2.52. The summed E-state index contributed by atoms with van der Waals surface area (Å²) in [4.78, 5) is 19.6. The van der Waals surface area contributed by atoms with Gasteiger partial charge in [0, 0.05) is 39.3 Å². The molecule has 0 N–H and O–H groups in total. The molecule has 32 heavy (non-hydrogen) atoms. The van der Waals surface area contributed by atoms with E-state index in [0.29, 0.717) is 43.8 Å². The van der Waals surface area contributed by atoms with Crippen molar-refractivity contribution in [1.82, 2.24) is 15.0 Å². The molecule has 8 nitrogen and oxygen atoms in total. The Morgan fingerprint density at radius 3 is 2.62 bits per heavy atom. The molecule has 3 fully saturated rings. The number of methoxy groups -OCH3 is 1. The third-order valence-corrected chi connectivity index (χ3v) is 6.97. The average molecular weight is 442 g/mol. The maximum atomic E-state index is 13.2. The largest absolute Gasteiger partial charge is 0.497 e. The lowest BCUT2D eigenvalue weighted by molar-refractivity contribution is -0.138. The normalized spacial score (nSPS) is 20.7. The number of aromatic nitrogens is 2. The van der Waals surface area contributed by atoms with Crippen LogP contribution in [0.4, 0.5) is 0 Å². The van der Waals surface area contributed by atoms with Crippen LogP contribution >= 0.6 is 0 Å². The quantitative estimate of drug-likeness (QED) is 0.553. The molecule has 5 rings (SSSR count). The number of benzene rings is 1. The highest BCUT2D eigenvalue weighted by atomic mass is 16.5. The van der Waals surface area contributed by atoms with Crippen molar-refractivity contribution < 1.29 is 23.5 Å². The summed E-state index contributed by atoms with van der Waals surface area (Å²) in [6.45, 7) is 4.31. The molecule has 1 aliphatic carbocycles. The number of carbonyl (C=O) groups excluding carboxylic acids is 1. The van der Waals surface area contributed by atoms with Gasteiger partial charge in [-0.05, 0) is 49.3 Å². The molecule has 1 amide bonds. The highest BCUT2D eigenvalue weighted by molar-refractivity contribution is 5.92. The maximum absolute atomic E-state index is 13.2. The van der Waals surface area contributed by atoms with Crippen LogP contribution in [0.3, 0.4) is 0 Å². The molecule has 0 bridgehead atoms. The predicted octanol–water partition coefficient (Wildman–Crippen LogP) is 2.72. The van der Waals surface area contributed by atoms with Gasteiger partial charge in [0.05, 0.1) is 25.0 Å². The van der Waals surface area contributed by atoms with Crippen LogP contribution in [0.25, 0.3) is 0 Å². The summed E-state index contributed by atoms with van der Waals surface area (Å²) >= 11 is 0. The highest BCUT2D eigenvalue weighted by Gasteiger charge is 2.55. The van der Waals surface area contributed by atoms with Crippen molar-refractivity contribution >= 4 is 5.91 Å². The van der Waals surface area contributed by atoms with Crippen molar-refractivity contribution in [3.63, 3.8) is 0 Å². The molecule has 0 spiro atoms. The van der Waals surface area contributed by atoms with Crippen LogP contribution < -0.4 is 4.74 Å². The van der Waals surface area contributed by atoms with Crippen molar-refractivity contribution in [2.24, 2.45) is 5.92 Å². The van der Waals surface area contributed by atoms with Crippen molar-refractivity contribution in [3.8, 4) is 5.75 Å². The first-order valence-electron chi connectivity index (χ1n) is 11.6. The van der Waals surface area contributed by atoms with Gasteiger partial charge < -0.3 is 23.6 Å². The Labute approximate surface area is 188 Å². The molecule has 0 unspecified atom stereocenters. The Morgan fingerprint density at radius 2 is 1.94 bits per heavy atom. The number of nitrogens with zero attached hydrogens (tertiary/aromatic N) is 3. The number of ether oxygens (including phenoxy) is 3. The van der Waals surface area contributed by atoms with E-state index in [2.05, 4.69) is 10.1 Å². The van der Waals surface area contributed by atoms with Crippen LogP contribution in [0.15, 0.2) is 28.8 Å². The molecule has 2 aromatic rings. The SMILES string of the molecule is COc1ccc(C2(C(=O)N3CC(c4nc(CCOCC5CCOCC5)no4)C3)CC2)cc1. The minimum absolute atomic E-state index is 0.120. The van der Waals surface area contributed by atoms with Crippen LogP contribution in [0.1, 0.15) is 48.9 Å². The maximum Gasteiger partial charge on any atom is 0.233 e. The molecule has 1 saturated carbocycles. The van der Waals surface area contributed by atoms with Gasteiger partial charge in [-0.2, -0.15) is 4.98 Å². The van der Waals surface area contributed by atoms with Gasteiger partial charge in [-0.3, -0.25) is 4.79 Å². The first-order valence-corrected chi connectivity index (χ1v) is 11.6. The average Bonchev–Trinajstić information content (AvgIpc) is 3.49. The third-order valence-electron chi connectivity index (χ3n) is 6.97. The van der Waals surface area contributed by atoms with Crippen molar-refractivity contribution in [1.29, 1.82) is 0 Å². The Bertz CT molecular complexity index is 912. The second-order valence-corrected chi connectivity index (χ2v) is 9.15. The lowest BCUT2D eigenvalue weighted by atomic mass is 9.90. The molecule has 1 aromatic heterocycles. The van der Waals surface area contributed by atoms with Crippen molar-refractivity contribution in [2.45, 2.75) is 43.4 Å². The fourth-order valence-corrected chi connectivity index (χ4v) is 4.63. The molecule has 0 radical (unpaired) electrons. The molecule has 2 saturated heterocycles. The molecular formula is C24H31N3O5. The van der Waals surface area contributed by atoms with E-state index in [1.54, 1.807) is 7.11 Å². The lowest BCUT2D eigenvalue weighted by Gasteiger charge is -2.39. The van der Waals surface area contributed by atoms with Gasteiger partial charge in [0.1, 0.15) is 5.75 Å². The molecule has 2 aliphatic heterocycles. The zero-order valence-electron chi connectivity index (χ0n) is 18.6. The number of likely N-dealkylation sites (tertiary alicyclic amines) is 1. The summed E-state index contributed by atoms with van der Waals surface area (Å²) in [5, 5.41) is 4.10. The molecule has 8 heteroatoms. The van der Waals surface area contributed by atoms with Crippen LogP contribution in [0, 0.1) is 5.92 Å². The van der Waals surface area contributed by atoms with E-state index >= 15 is 0 Å². The number of hydrogen-bond donors (Lipinski definition) is 0. The zero-order chi connectivity index (χ0) is 22.0. The first kappa shape index (κ1) is 21.4. The van der Waals surface area contributed by atoms with Gasteiger partial charge in [-0.1, -0.05) is 17.3 Å². The van der Waals surface area contributed by atoms with E-state index in [1.807, 2.05) is 29.2 Å². The topological polar surface area (TPSA) is 86.9 Å². The Hall–Kier alpha value is -2.45. The van der Waals surface area contributed by atoms with Crippen LogP contribution in [-0.2, 0) is 26.1 Å². The zero-order valence-corrected chi connectivity index (χ0v) is 18.6. The summed E-state index contributed by atoms with van der Waals surface area (Å²) in [5.41, 5.74) is 0.714. The van der Waals surface area contributed by atoms with E-state index in [0.717, 1.165) is 56.8 Å². The molecule has 3 aliphatic rings. The molecule has 172 valence electrons. The van der Waals surface area contributed by atoms with Gasteiger partial charge in [0.2, 0.25) is 11.8 Å². The standard InChI is InChI=1S/C24H31N3O5/c1-29-20-4-2-19(3-5-20)24(9-10-24)23(28)27-14-18(15-27)22-25-21(26-32-22)8-13-31-16-17-6-11-30-12-7-17/h2-5,17-18H,6-16H2,1H3. The highest BCUT2D eigenvalue weighted by Crippen LogP contribution is 2.51. The smallest absolute Gasteiger partial charge is 0.233 e. The number of hydrogen-bond acceptors (Lipinski definition) is 7. The summed E-state index contributed by atoms with van der Waals surface area (Å²) in [6.07, 6.45) is 4.59.